The van der Waals surface area contributed by atoms with Crippen LogP contribution in [0.25, 0.3) is 0 Å². The topological polar surface area (TPSA) is 79.7 Å². The Hall–Kier alpha value is -1.93. The van der Waals surface area contributed by atoms with Crippen molar-refractivity contribution in [3.05, 3.63) is 18.0 Å². The van der Waals surface area contributed by atoms with E-state index >= 15 is 0 Å². The van der Waals surface area contributed by atoms with Gasteiger partial charge in [0.2, 0.25) is 11.8 Å². The molecule has 1 N–H and O–H groups in total. The fraction of sp³-hybridized carbons (Fsp3) is 0.722. The number of morpholine rings is 1. The predicted molar refractivity (Wildman–Crippen MR) is 96.4 cm³/mol. The third-order valence-electron chi connectivity index (χ3n) is 5.24. The summed E-state index contributed by atoms with van der Waals surface area (Å²) < 4.78 is 7.08. The first-order chi connectivity index (χ1) is 12.5. The van der Waals surface area contributed by atoms with Gasteiger partial charge >= 0.3 is 0 Å². The number of hydrogen-bond donors (Lipinski definition) is 1. The van der Waals surface area contributed by atoms with E-state index in [4.69, 9.17) is 4.74 Å². The van der Waals surface area contributed by atoms with Gasteiger partial charge in [0.25, 0.3) is 0 Å². The number of carbonyl (C=O) groups excluding carboxylic acids is 2. The predicted octanol–water partition coefficient (Wildman–Crippen LogP) is -0.494. The number of hydrogen-bond acceptors (Lipinski definition) is 5. The van der Waals surface area contributed by atoms with Crippen molar-refractivity contribution in [3.8, 4) is 0 Å². The van der Waals surface area contributed by atoms with Crippen LogP contribution in [0.4, 0.5) is 0 Å². The molecule has 8 heteroatoms. The number of amides is 2. The van der Waals surface area contributed by atoms with Crippen LogP contribution in [0, 0.1) is 11.8 Å². The zero-order valence-electron chi connectivity index (χ0n) is 15.7. The van der Waals surface area contributed by atoms with E-state index in [1.54, 1.807) is 9.58 Å². The van der Waals surface area contributed by atoms with Crippen molar-refractivity contribution >= 4 is 11.8 Å². The van der Waals surface area contributed by atoms with Crippen molar-refractivity contribution in [2.24, 2.45) is 18.9 Å². The molecule has 0 spiro atoms. The van der Waals surface area contributed by atoms with E-state index in [2.05, 4.69) is 10.4 Å². The van der Waals surface area contributed by atoms with Crippen LogP contribution in [0.2, 0.25) is 0 Å². The Bertz CT molecular complexity index is 626. The van der Waals surface area contributed by atoms with Crippen molar-refractivity contribution in [1.29, 1.82) is 0 Å². The molecule has 0 aliphatic carbocycles. The molecule has 2 aliphatic heterocycles. The molecule has 0 aromatic carbocycles. The zero-order valence-corrected chi connectivity index (χ0v) is 15.7. The summed E-state index contributed by atoms with van der Waals surface area (Å²) in [5.41, 5.74) is 1.12. The number of ether oxygens (including phenoxy) is 1. The van der Waals surface area contributed by atoms with Crippen LogP contribution < -0.4 is 5.32 Å². The fourth-order valence-corrected chi connectivity index (χ4v) is 3.68. The average molecular weight is 363 g/mol. The largest absolute Gasteiger partial charge is 0.378 e. The lowest BCUT2D eigenvalue weighted by Crippen LogP contribution is -2.51. The van der Waals surface area contributed by atoms with Gasteiger partial charge in [-0.05, 0) is 18.4 Å². The number of aromatic nitrogens is 2. The zero-order chi connectivity index (χ0) is 18.5. The molecular formula is C18H29N5O3. The molecule has 2 saturated heterocycles. The molecule has 0 bridgehead atoms. The van der Waals surface area contributed by atoms with Crippen LogP contribution in [-0.4, -0.2) is 84.4 Å². The second-order valence-electron chi connectivity index (χ2n) is 7.26. The van der Waals surface area contributed by atoms with Gasteiger partial charge in [0.15, 0.2) is 0 Å². The summed E-state index contributed by atoms with van der Waals surface area (Å²) in [7, 11) is 3.73. The summed E-state index contributed by atoms with van der Waals surface area (Å²) in [6, 6.07) is 0. The lowest BCUT2D eigenvalue weighted by Gasteiger charge is -2.35. The van der Waals surface area contributed by atoms with E-state index in [9.17, 15) is 9.59 Å². The first-order valence-electron chi connectivity index (χ1n) is 9.34. The normalized spacial score (nSPS) is 23.7. The van der Waals surface area contributed by atoms with Gasteiger partial charge in [0, 0.05) is 53.0 Å². The molecular weight excluding hydrogens is 334 g/mol. The molecule has 3 rings (SSSR count). The molecule has 1 aromatic heterocycles. The molecule has 2 amide bonds. The first-order valence-corrected chi connectivity index (χ1v) is 9.34. The highest BCUT2D eigenvalue weighted by atomic mass is 16.5. The van der Waals surface area contributed by atoms with E-state index < -0.39 is 0 Å². The second-order valence-corrected chi connectivity index (χ2v) is 7.26. The maximum atomic E-state index is 12.8. The number of nitrogens with zero attached hydrogens (tertiary/aromatic N) is 4. The van der Waals surface area contributed by atoms with E-state index in [0.29, 0.717) is 52.4 Å². The first kappa shape index (κ1) is 18.8. The van der Waals surface area contributed by atoms with Crippen LogP contribution in [0.3, 0.4) is 0 Å². The lowest BCUT2D eigenvalue weighted by molar-refractivity contribution is -0.142. The Labute approximate surface area is 154 Å². The van der Waals surface area contributed by atoms with Gasteiger partial charge < -0.3 is 19.9 Å². The summed E-state index contributed by atoms with van der Waals surface area (Å²) >= 11 is 0. The van der Waals surface area contributed by atoms with Gasteiger partial charge in [0.1, 0.15) is 0 Å². The number of likely N-dealkylation sites (N-methyl/N-ethyl adjacent to an activating group) is 1. The van der Waals surface area contributed by atoms with Gasteiger partial charge in [-0.2, -0.15) is 5.10 Å². The molecule has 0 unspecified atom stereocenters. The Kier molecular flexibility index (Phi) is 6.26. The fourth-order valence-electron chi connectivity index (χ4n) is 3.68. The van der Waals surface area contributed by atoms with E-state index in [1.807, 2.05) is 31.4 Å². The summed E-state index contributed by atoms with van der Waals surface area (Å²) in [5, 5.41) is 7.43. The van der Waals surface area contributed by atoms with Gasteiger partial charge in [-0.1, -0.05) is 0 Å². The summed E-state index contributed by atoms with van der Waals surface area (Å²) in [6.45, 7) is 4.46. The van der Waals surface area contributed by atoms with Crippen LogP contribution in [0.1, 0.15) is 12.0 Å². The smallest absolute Gasteiger partial charge is 0.227 e. The summed E-state index contributed by atoms with van der Waals surface area (Å²) in [5.74, 6) is -0.00246. The highest BCUT2D eigenvalue weighted by Gasteiger charge is 2.34. The summed E-state index contributed by atoms with van der Waals surface area (Å²) in [6.07, 6.45) is 5.21. The minimum atomic E-state index is -0.141. The summed E-state index contributed by atoms with van der Waals surface area (Å²) in [4.78, 5) is 29.1. The minimum absolute atomic E-state index is 0.112. The molecule has 0 radical (unpaired) electrons. The maximum absolute atomic E-state index is 12.8. The minimum Gasteiger partial charge on any atom is -0.378 e. The van der Waals surface area contributed by atoms with Crippen molar-refractivity contribution in [1.82, 2.24) is 24.9 Å². The van der Waals surface area contributed by atoms with E-state index in [-0.39, 0.29) is 23.7 Å². The highest BCUT2D eigenvalue weighted by molar-refractivity contribution is 5.83. The Balaban J connectivity index is 1.50. The molecule has 3 heterocycles. The molecule has 8 nitrogen and oxygen atoms in total. The van der Waals surface area contributed by atoms with Crippen molar-refractivity contribution in [2.45, 2.75) is 12.8 Å². The van der Waals surface area contributed by atoms with E-state index in [1.165, 1.54) is 0 Å². The number of rotatable bonds is 5. The monoisotopic (exact) mass is 363 g/mol. The maximum Gasteiger partial charge on any atom is 0.227 e. The Morgan fingerprint density at radius 3 is 2.73 bits per heavy atom. The average Bonchev–Trinajstić information content (AvgIpc) is 3.11. The van der Waals surface area contributed by atoms with Gasteiger partial charge in [-0.25, -0.2) is 0 Å². The van der Waals surface area contributed by atoms with Crippen molar-refractivity contribution in [3.63, 3.8) is 0 Å². The number of aryl methyl sites for hydroxylation is 1. The number of piperidine rings is 1. The van der Waals surface area contributed by atoms with Crippen LogP contribution in [-0.2, 0) is 27.8 Å². The standard InChI is InChI=1S/C18H29N5O3/c1-21(4-3-14-10-20-22(2)13-14)17(24)15-9-16(12-19-11-15)18(25)23-5-7-26-8-6-23/h10,13,15-16,19H,3-9,11-12H2,1-2H3/t15-,16-/m1/s1. The van der Waals surface area contributed by atoms with Crippen molar-refractivity contribution in [2.75, 3.05) is 53.0 Å². The molecule has 1 aromatic rings. The molecule has 26 heavy (non-hydrogen) atoms. The quantitative estimate of drug-likeness (QED) is 0.763. The number of carbonyl (C=O) groups is 2. The molecule has 2 aliphatic rings. The molecule has 2 fully saturated rings. The lowest BCUT2D eigenvalue weighted by atomic mass is 9.88. The van der Waals surface area contributed by atoms with Gasteiger partial charge in [-0.3, -0.25) is 14.3 Å². The molecule has 0 saturated carbocycles. The Morgan fingerprint density at radius 1 is 1.31 bits per heavy atom. The van der Waals surface area contributed by atoms with Crippen LogP contribution in [0.15, 0.2) is 12.4 Å². The Morgan fingerprint density at radius 2 is 2.04 bits per heavy atom. The van der Waals surface area contributed by atoms with Crippen molar-refractivity contribution < 1.29 is 14.3 Å². The number of nitrogens with one attached hydrogen (secondary N) is 1. The highest BCUT2D eigenvalue weighted by Crippen LogP contribution is 2.21. The van der Waals surface area contributed by atoms with Gasteiger partial charge in [0.05, 0.1) is 31.2 Å². The SMILES string of the molecule is CN(CCc1cnn(C)c1)C(=O)[C@H]1CNC[C@H](C(=O)N2CCOCC2)C1. The third-order valence-corrected chi connectivity index (χ3v) is 5.24. The van der Waals surface area contributed by atoms with Gasteiger partial charge in [-0.15, -0.1) is 0 Å². The van der Waals surface area contributed by atoms with E-state index in [0.717, 1.165) is 12.0 Å². The van der Waals surface area contributed by atoms with Crippen LogP contribution >= 0.6 is 0 Å². The van der Waals surface area contributed by atoms with Crippen LogP contribution in [0.5, 0.6) is 0 Å². The third kappa shape index (κ3) is 4.62. The molecule has 2 atom stereocenters. The molecule has 144 valence electrons. The second kappa shape index (κ2) is 8.64.